The molecule has 2 heterocycles. The second kappa shape index (κ2) is 10.8. The lowest BCUT2D eigenvalue weighted by molar-refractivity contribution is -0.312. The molecule has 1 N–H and O–H groups in total. The van der Waals surface area contributed by atoms with Crippen molar-refractivity contribution in [1.82, 2.24) is 0 Å². The lowest BCUT2D eigenvalue weighted by Gasteiger charge is -2.43. The zero-order valence-corrected chi connectivity index (χ0v) is 19.4. The fourth-order valence-corrected chi connectivity index (χ4v) is 3.32. The monoisotopic (exact) mass is 472 g/mol. The number of esters is 3. The van der Waals surface area contributed by atoms with E-state index >= 15 is 0 Å². The Balaban J connectivity index is 2.52. The zero-order chi connectivity index (χ0) is 25.0. The van der Waals surface area contributed by atoms with Crippen molar-refractivity contribution in [3.8, 4) is 0 Å². The molecule has 0 amide bonds. The Morgan fingerprint density at radius 2 is 1.58 bits per heavy atom. The minimum Gasteiger partial charge on any atom is -0.467 e. The Morgan fingerprint density at radius 3 is 2.03 bits per heavy atom. The third-order valence-electron chi connectivity index (χ3n) is 4.56. The van der Waals surface area contributed by atoms with Crippen molar-refractivity contribution in [3.63, 3.8) is 0 Å². The van der Waals surface area contributed by atoms with Crippen LogP contribution in [-0.4, -0.2) is 72.9 Å². The van der Waals surface area contributed by atoms with E-state index in [1.54, 1.807) is 13.8 Å². The van der Waals surface area contributed by atoms with Crippen molar-refractivity contribution in [2.45, 2.75) is 78.5 Å². The molecular weight excluding hydrogens is 444 g/mol. The van der Waals surface area contributed by atoms with Crippen LogP contribution in [0.5, 0.6) is 0 Å². The molecule has 0 saturated carbocycles. The van der Waals surface area contributed by atoms with Gasteiger partial charge in [-0.15, -0.1) is 0 Å². The van der Waals surface area contributed by atoms with Crippen LogP contribution in [0.2, 0.25) is 0 Å². The van der Waals surface area contributed by atoms with Gasteiger partial charge in [0.2, 0.25) is 12.0 Å². The molecule has 0 spiro atoms. The van der Waals surface area contributed by atoms with Crippen LogP contribution in [0.1, 0.15) is 41.5 Å². The molecule has 0 bridgehead atoms. The van der Waals surface area contributed by atoms with E-state index in [1.807, 2.05) is 0 Å². The summed E-state index contributed by atoms with van der Waals surface area (Å²) >= 11 is 0. The summed E-state index contributed by atoms with van der Waals surface area (Å²) in [6.07, 6.45) is -9.00. The first-order chi connectivity index (χ1) is 15.4. The maximum atomic E-state index is 12.7. The average molecular weight is 472 g/mol. The molecule has 2 rings (SSSR count). The van der Waals surface area contributed by atoms with Crippen molar-refractivity contribution in [2.75, 3.05) is 7.11 Å². The SMILES string of the molecule is COC(=O)[C@H]1O[C@@H](OC2=C(C)OC(=C(C)C)C2=O)[C@H](OC(C)=O)[C@@H](OC(C)O)[C@@H]1OC(C)=O. The van der Waals surface area contributed by atoms with Gasteiger partial charge in [0.25, 0.3) is 5.78 Å². The van der Waals surface area contributed by atoms with Gasteiger partial charge in [-0.2, -0.15) is 0 Å². The summed E-state index contributed by atoms with van der Waals surface area (Å²) in [5.41, 5.74) is 0.594. The average Bonchev–Trinajstić information content (AvgIpc) is 2.98. The third kappa shape index (κ3) is 6.09. The molecule has 1 unspecified atom stereocenters. The van der Waals surface area contributed by atoms with Crippen LogP contribution >= 0.6 is 0 Å². The van der Waals surface area contributed by atoms with Gasteiger partial charge in [-0.25, -0.2) is 4.79 Å². The number of aliphatic hydroxyl groups excluding tert-OH is 1. The predicted molar refractivity (Wildman–Crippen MR) is 107 cm³/mol. The second-order valence-corrected chi connectivity index (χ2v) is 7.56. The summed E-state index contributed by atoms with van der Waals surface area (Å²) in [5, 5.41) is 9.85. The van der Waals surface area contributed by atoms with Gasteiger partial charge in [-0.05, 0) is 33.3 Å². The van der Waals surface area contributed by atoms with E-state index in [9.17, 15) is 24.3 Å². The van der Waals surface area contributed by atoms with E-state index in [0.717, 1.165) is 21.0 Å². The van der Waals surface area contributed by atoms with Gasteiger partial charge >= 0.3 is 17.9 Å². The highest BCUT2D eigenvalue weighted by atomic mass is 16.7. The Labute approximate surface area is 190 Å². The highest BCUT2D eigenvalue weighted by Gasteiger charge is 2.56. The number of methoxy groups -OCH3 is 1. The lowest BCUT2D eigenvalue weighted by atomic mass is 9.97. The van der Waals surface area contributed by atoms with E-state index in [1.165, 1.54) is 13.8 Å². The van der Waals surface area contributed by atoms with Gasteiger partial charge in [-0.1, -0.05) is 0 Å². The lowest BCUT2D eigenvalue weighted by Crippen LogP contribution is -2.64. The largest absolute Gasteiger partial charge is 0.467 e. The summed E-state index contributed by atoms with van der Waals surface area (Å²) in [4.78, 5) is 48.7. The van der Waals surface area contributed by atoms with Crippen LogP contribution in [0.15, 0.2) is 22.9 Å². The van der Waals surface area contributed by atoms with E-state index in [2.05, 4.69) is 0 Å². The van der Waals surface area contributed by atoms with Crippen LogP contribution < -0.4 is 0 Å². The topological polar surface area (TPSA) is 153 Å². The van der Waals surface area contributed by atoms with Crippen molar-refractivity contribution in [3.05, 3.63) is 22.9 Å². The highest BCUT2D eigenvalue weighted by molar-refractivity contribution is 6.08. The molecule has 0 aromatic rings. The van der Waals surface area contributed by atoms with Crippen LogP contribution in [0.25, 0.3) is 0 Å². The fraction of sp³-hybridized carbons (Fsp3) is 0.619. The number of allylic oxidation sites excluding steroid dienone is 2. The summed E-state index contributed by atoms with van der Waals surface area (Å²) in [6.45, 7) is 8.27. The number of ketones is 1. The van der Waals surface area contributed by atoms with Crippen LogP contribution in [0, 0.1) is 0 Å². The second-order valence-electron chi connectivity index (χ2n) is 7.56. The van der Waals surface area contributed by atoms with Crippen molar-refractivity contribution >= 4 is 23.7 Å². The minimum absolute atomic E-state index is 0.0569. The van der Waals surface area contributed by atoms with Gasteiger partial charge in [-0.3, -0.25) is 14.4 Å². The van der Waals surface area contributed by atoms with Crippen molar-refractivity contribution in [2.24, 2.45) is 0 Å². The third-order valence-corrected chi connectivity index (χ3v) is 4.56. The number of ether oxygens (including phenoxy) is 7. The zero-order valence-electron chi connectivity index (χ0n) is 19.4. The summed E-state index contributed by atoms with van der Waals surface area (Å²) in [7, 11) is 1.08. The molecule has 1 fully saturated rings. The van der Waals surface area contributed by atoms with Gasteiger partial charge in [0.1, 0.15) is 11.9 Å². The molecule has 2 aliphatic rings. The van der Waals surface area contributed by atoms with E-state index in [4.69, 9.17) is 33.2 Å². The Bertz CT molecular complexity index is 866. The van der Waals surface area contributed by atoms with Gasteiger partial charge < -0.3 is 38.3 Å². The number of aliphatic hydroxyl groups is 1. The number of carbonyl (C=O) groups excluding carboxylic acids is 4. The molecule has 33 heavy (non-hydrogen) atoms. The summed E-state index contributed by atoms with van der Waals surface area (Å²) < 4.78 is 37.5. The molecule has 2 aliphatic heterocycles. The Morgan fingerprint density at radius 1 is 1.00 bits per heavy atom. The molecule has 0 aromatic carbocycles. The summed E-state index contributed by atoms with van der Waals surface area (Å²) in [6, 6.07) is 0. The van der Waals surface area contributed by atoms with Gasteiger partial charge in [0.15, 0.2) is 30.4 Å². The number of Topliss-reactive ketones (excluding diaryl/α,β-unsaturated/α-hetero) is 1. The quantitative estimate of drug-likeness (QED) is 0.239. The predicted octanol–water partition coefficient (Wildman–Crippen LogP) is 0.612. The number of carbonyl (C=O) groups is 4. The van der Waals surface area contributed by atoms with Crippen LogP contribution in [-0.2, 0) is 52.3 Å². The molecular formula is C21H28O12. The first kappa shape index (κ1) is 26.3. The van der Waals surface area contributed by atoms with E-state index in [-0.39, 0.29) is 17.3 Å². The highest BCUT2D eigenvalue weighted by Crippen LogP contribution is 2.35. The molecule has 0 aliphatic carbocycles. The van der Waals surface area contributed by atoms with Crippen molar-refractivity contribution in [1.29, 1.82) is 0 Å². The first-order valence-electron chi connectivity index (χ1n) is 10.1. The number of hydrogen-bond acceptors (Lipinski definition) is 12. The number of rotatable bonds is 7. The van der Waals surface area contributed by atoms with Crippen molar-refractivity contribution < 1.29 is 57.4 Å². The Kier molecular flexibility index (Phi) is 8.58. The number of hydrogen-bond donors (Lipinski definition) is 1. The van der Waals surface area contributed by atoms with Crippen LogP contribution in [0.3, 0.4) is 0 Å². The molecule has 0 radical (unpaired) electrons. The standard InChI is InChI=1S/C21H28O12/c1-8(2)14-13(25)15(9(3)28-14)32-21-19(31-12(6)24)17(30-11(5)23)16(29-10(4)22)18(33-21)20(26)27-7/h11,16-19,21,23H,1-7H3/t11?,16-,17-,18-,19+,21+/m0/s1. The fourth-order valence-electron chi connectivity index (χ4n) is 3.32. The molecule has 1 saturated heterocycles. The molecule has 0 aromatic heterocycles. The molecule has 184 valence electrons. The van der Waals surface area contributed by atoms with E-state index in [0.29, 0.717) is 5.57 Å². The first-order valence-corrected chi connectivity index (χ1v) is 10.1. The Hall–Kier alpha value is -2.96. The molecule has 12 heteroatoms. The van der Waals surface area contributed by atoms with E-state index < -0.39 is 60.7 Å². The maximum absolute atomic E-state index is 12.7. The molecule has 12 nitrogen and oxygen atoms in total. The minimum atomic E-state index is -1.60. The maximum Gasteiger partial charge on any atom is 0.339 e. The normalized spacial score (nSPS) is 28.1. The smallest absolute Gasteiger partial charge is 0.339 e. The van der Waals surface area contributed by atoms with Gasteiger partial charge in [0.05, 0.1) is 7.11 Å². The van der Waals surface area contributed by atoms with Crippen LogP contribution in [0.4, 0.5) is 0 Å². The molecule has 6 atom stereocenters. The summed E-state index contributed by atoms with van der Waals surface area (Å²) in [5.74, 6) is -3.20. The van der Waals surface area contributed by atoms with Gasteiger partial charge in [0, 0.05) is 13.8 Å².